The van der Waals surface area contributed by atoms with Crippen LogP contribution < -0.4 is 27.1 Å². The van der Waals surface area contributed by atoms with Gasteiger partial charge in [-0.15, -0.1) is 0 Å². The van der Waals surface area contributed by atoms with Crippen molar-refractivity contribution in [1.29, 1.82) is 0 Å². The summed E-state index contributed by atoms with van der Waals surface area (Å²) in [4.78, 5) is 8.29. The number of rotatable bonds is 9. The minimum Gasteiger partial charge on any atom is -0.490 e. The standard InChI is InChI=1S/C21H26F2N8O/c1-26-7-3-4-8-32-17-6-5-16(18(22)19(17)23)29-21(30-25)15-9-13(10-27-20(15)24)14-11-28-31(2)12-14/h5-6,9-12,26H,3-4,7-8,25H2,1-2H3,(H2,24,27)(H,29,30). The van der Waals surface area contributed by atoms with Crippen LogP contribution in [0.4, 0.5) is 20.3 Å². The van der Waals surface area contributed by atoms with E-state index in [2.05, 4.69) is 25.8 Å². The van der Waals surface area contributed by atoms with Gasteiger partial charge in [0, 0.05) is 30.6 Å². The van der Waals surface area contributed by atoms with Gasteiger partial charge in [-0.2, -0.15) is 9.49 Å². The van der Waals surface area contributed by atoms with Crippen LogP contribution in [-0.2, 0) is 7.05 Å². The summed E-state index contributed by atoms with van der Waals surface area (Å²) < 4.78 is 36.1. The second-order valence-corrected chi connectivity index (χ2v) is 7.03. The van der Waals surface area contributed by atoms with Gasteiger partial charge in [-0.3, -0.25) is 4.68 Å². The lowest BCUT2D eigenvalue weighted by molar-refractivity contribution is 0.286. The molecule has 6 N–H and O–H groups in total. The normalized spacial score (nSPS) is 11.6. The minimum absolute atomic E-state index is 0.0276. The fraction of sp³-hybridized carbons (Fsp3) is 0.286. The molecule has 0 fully saturated rings. The molecule has 0 amide bonds. The molecule has 3 aromatic rings. The number of aromatic nitrogens is 3. The monoisotopic (exact) mass is 444 g/mol. The Labute approximate surface area is 184 Å². The molecule has 32 heavy (non-hydrogen) atoms. The van der Waals surface area contributed by atoms with Crippen molar-refractivity contribution in [3.05, 3.63) is 54.0 Å². The van der Waals surface area contributed by atoms with E-state index in [1.54, 1.807) is 36.4 Å². The van der Waals surface area contributed by atoms with Crippen LogP contribution in [0.1, 0.15) is 18.4 Å². The predicted molar refractivity (Wildman–Crippen MR) is 119 cm³/mol. The van der Waals surface area contributed by atoms with Crippen LogP contribution in [0.15, 0.2) is 41.8 Å². The number of nitrogens with two attached hydrogens (primary N) is 2. The van der Waals surface area contributed by atoms with Crippen molar-refractivity contribution < 1.29 is 13.5 Å². The first-order valence-corrected chi connectivity index (χ1v) is 10.00. The number of pyridine rings is 1. The summed E-state index contributed by atoms with van der Waals surface area (Å²) in [6.45, 7) is 1.10. The van der Waals surface area contributed by atoms with E-state index in [4.69, 9.17) is 16.3 Å². The van der Waals surface area contributed by atoms with E-state index in [0.717, 1.165) is 18.5 Å². The number of aryl methyl sites for hydroxylation is 1. The number of halogens is 2. The molecule has 3 rings (SSSR count). The molecule has 0 bridgehead atoms. The Morgan fingerprint density at radius 3 is 2.69 bits per heavy atom. The van der Waals surface area contributed by atoms with Gasteiger partial charge in [0.25, 0.3) is 0 Å². The van der Waals surface area contributed by atoms with Gasteiger partial charge in [0.05, 0.1) is 18.4 Å². The third-order valence-corrected chi connectivity index (χ3v) is 4.69. The van der Waals surface area contributed by atoms with Gasteiger partial charge in [0.1, 0.15) is 11.5 Å². The summed E-state index contributed by atoms with van der Waals surface area (Å²) in [6.07, 6.45) is 6.62. The number of hydrazine groups is 1. The lowest BCUT2D eigenvalue weighted by atomic mass is 10.1. The molecule has 1 aromatic carbocycles. The number of ether oxygens (including phenoxy) is 1. The van der Waals surface area contributed by atoms with Crippen molar-refractivity contribution in [2.24, 2.45) is 17.9 Å². The van der Waals surface area contributed by atoms with E-state index in [-0.39, 0.29) is 29.7 Å². The second kappa shape index (κ2) is 10.6. The molecule has 0 aliphatic rings. The largest absolute Gasteiger partial charge is 0.490 e. The Morgan fingerprint density at radius 2 is 2.00 bits per heavy atom. The average Bonchev–Trinajstić information content (AvgIpc) is 3.22. The Kier molecular flexibility index (Phi) is 7.68. The maximum absolute atomic E-state index is 14.7. The van der Waals surface area contributed by atoms with Gasteiger partial charge in [0.2, 0.25) is 5.82 Å². The molecule has 0 spiro atoms. The third-order valence-electron chi connectivity index (χ3n) is 4.69. The highest BCUT2D eigenvalue weighted by atomic mass is 19.2. The zero-order valence-electron chi connectivity index (χ0n) is 17.9. The van der Waals surface area contributed by atoms with Crippen LogP contribution in [0.25, 0.3) is 11.1 Å². The van der Waals surface area contributed by atoms with Gasteiger partial charge in [-0.05, 0) is 44.6 Å². The number of amidine groups is 1. The van der Waals surface area contributed by atoms with Crippen LogP contribution >= 0.6 is 0 Å². The highest BCUT2D eigenvalue weighted by Gasteiger charge is 2.17. The average molecular weight is 444 g/mol. The first-order chi connectivity index (χ1) is 15.4. The fourth-order valence-electron chi connectivity index (χ4n) is 2.99. The number of nitrogens with zero attached hydrogens (tertiary/aromatic N) is 4. The van der Waals surface area contributed by atoms with Crippen molar-refractivity contribution in [1.82, 2.24) is 25.5 Å². The van der Waals surface area contributed by atoms with Crippen molar-refractivity contribution in [2.45, 2.75) is 12.8 Å². The summed E-state index contributed by atoms with van der Waals surface area (Å²) in [5.41, 5.74) is 9.95. The molecule has 0 radical (unpaired) electrons. The van der Waals surface area contributed by atoms with Gasteiger partial charge >= 0.3 is 0 Å². The molecule has 0 atom stereocenters. The van der Waals surface area contributed by atoms with E-state index in [1.807, 2.05) is 7.05 Å². The number of nitrogen functional groups attached to an aromatic ring is 1. The van der Waals surface area contributed by atoms with Crippen molar-refractivity contribution in [2.75, 3.05) is 25.9 Å². The van der Waals surface area contributed by atoms with Crippen LogP contribution in [0, 0.1) is 11.6 Å². The number of unbranched alkanes of at least 4 members (excludes halogenated alkanes) is 1. The number of nitrogens with one attached hydrogen (secondary N) is 2. The van der Waals surface area contributed by atoms with Crippen LogP contribution in [-0.4, -0.2) is 40.8 Å². The van der Waals surface area contributed by atoms with E-state index < -0.39 is 11.6 Å². The van der Waals surface area contributed by atoms with Crippen LogP contribution in [0.2, 0.25) is 0 Å². The molecular weight excluding hydrogens is 418 g/mol. The number of benzene rings is 1. The summed E-state index contributed by atoms with van der Waals surface area (Å²) in [5.74, 6) is 3.32. The molecule has 0 unspecified atom stereocenters. The number of aliphatic imine (C=N–C) groups is 1. The summed E-state index contributed by atoms with van der Waals surface area (Å²) in [7, 11) is 3.63. The van der Waals surface area contributed by atoms with Gasteiger partial charge < -0.3 is 21.2 Å². The van der Waals surface area contributed by atoms with Gasteiger partial charge in [-0.25, -0.2) is 20.2 Å². The SMILES string of the molecule is CNCCCCOc1ccc(N=C(NN)c2cc(-c3cnn(C)c3)cnc2N)c(F)c1F. The van der Waals surface area contributed by atoms with E-state index in [1.165, 1.54) is 12.1 Å². The molecule has 0 saturated heterocycles. The smallest absolute Gasteiger partial charge is 0.202 e. The summed E-state index contributed by atoms with van der Waals surface area (Å²) in [5, 5.41) is 7.14. The Morgan fingerprint density at radius 1 is 1.19 bits per heavy atom. The molecule has 9 nitrogen and oxygen atoms in total. The quantitative estimate of drug-likeness (QED) is 0.131. The lowest BCUT2D eigenvalue weighted by Gasteiger charge is -2.12. The zero-order valence-corrected chi connectivity index (χ0v) is 17.9. The minimum atomic E-state index is -1.15. The maximum Gasteiger partial charge on any atom is 0.202 e. The van der Waals surface area contributed by atoms with E-state index in [0.29, 0.717) is 17.5 Å². The number of anilines is 1. The van der Waals surface area contributed by atoms with Gasteiger partial charge in [0.15, 0.2) is 17.4 Å². The molecule has 2 aromatic heterocycles. The Bertz CT molecular complexity index is 1100. The Hall–Kier alpha value is -3.57. The zero-order chi connectivity index (χ0) is 23.1. The highest BCUT2D eigenvalue weighted by molar-refractivity contribution is 6.04. The third kappa shape index (κ3) is 5.37. The Balaban J connectivity index is 1.87. The topological polar surface area (TPSA) is 128 Å². The molecule has 0 aliphatic carbocycles. The lowest BCUT2D eigenvalue weighted by Crippen LogP contribution is -2.31. The van der Waals surface area contributed by atoms with Crippen molar-refractivity contribution in [3.63, 3.8) is 0 Å². The summed E-state index contributed by atoms with van der Waals surface area (Å²) in [6, 6.07) is 4.33. The second-order valence-electron chi connectivity index (χ2n) is 7.03. The first-order valence-electron chi connectivity index (χ1n) is 10.00. The van der Waals surface area contributed by atoms with Crippen molar-refractivity contribution >= 4 is 17.3 Å². The number of hydrogen-bond acceptors (Lipinski definition) is 7. The maximum atomic E-state index is 14.7. The van der Waals surface area contributed by atoms with Crippen LogP contribution in [0.5, 0.6) is 5.75 Å². The molecule has 0 saturated carbocycles. The fourth-order valence-corrected chi connectivity index (χ4v) is 2.99. The van der Waals surface area contributed by atoms with Crippen LogP contribution in [0.3, 0.4) is 0 Å². The summed E-state index contributed by atoms with van der Waals surface area (Å²) >= 11 is 0. The number of hydrogen-bond donors (Lipinski definition) is 4. The van der Waals surface area contributed by atoms with E-state index >= 15 is 0 Å². The van der Waals surface area contributed by atoms with Crippen molar-refractivity contribution in [3.8, 4) is 16.9 Å². The molecule has 2 heterocycles. The first kappa shape index (κ1) is 23.1. The molecule has 0 aliphatic heterocycles. The molecular formula is C21H26F2N8O. The molecule has 11 heteroatoms. The molecule has 170 valence electrons. The predicted octanol–water partition coefficient (Wildman–Crippen LogP) is 2.26. The van der Waals surface area contributed by atoms with Gasteiger partial charge in [-0.1, -0.05) is 0 Å². The van der Waals surface area contributed by atoms with E-state index in [9.17, 15) is 8.78 Å². The highest BCUT2D eigenvalue weighted by Crippen LogP contribution is 2.29.